The predicted molar refractivity (Wildman–Crippen MR) is 105 cm³/mol. The van der Waals surface area contributed by atoms with E-state index >= 15 is 0 Å². The van der Waals surface area contributed by atoms with Gasteiger partial charge in [0.1, 0.15) is 10.6 Å². The van der Waals surface area contributed by atoms with Gasteiger partial charge < -0.3 is 4.18 Å². The highest BCUT2D eigenvalue weighted by atomic mass is 32.2. The number of hydrogen-bond donors (Lipinski definition) is 1. The highest BCUT2D eigenvalue weighted by Crippen LogP contribution is 2.23. The van der Waals surface area contributed by atoms with Gasteiger partial charge in [-0.05, 0) is 62.2 Å². The van der Waals surface area contributed by atoms with Gasteiger partial charge in [-0.15, -0.1) is 11.3 Å². The molecule has 6 nitrogen and oxygen atoms in total. The summed E-state index contributed by atoms with van der Waals surface area (Å²) >= 11 is 1.37. The lowest BCUT2D eigenvalue weighted by Crippen LogP contribution is -2.13. The summed E-state index contributed by atoms with van der Waals surface area (Å²) in [6.07, 6.45) is 1.68. The van der Waals surface area contributed by atoms with E-state index in [0.717, 1.165) is 10.4 Å². The molecule has 0 aliphatic rings. The molecule has 1 heterocycles. The SMILES string of the molecule is Cc1ccc(C)c(S(=O)(=O)Oc2ccc(C(=O)Nc3ncc(C)s3)cc2)c1. The Morgan fingerprint density at radius 1 is 1.07 bits per heavy atom. The molecule has 3 aromatic rings. The zero-order valence-corrected chi connectivity index (χ0v) is 16.6. The summed E-state index contributed by atoms with van der Waals surface area (Å²) < 4.78 is 30.3. The van der Waals surface area contributed by atoms with Crippen molar-refractivity contribution >= 4 is 32.5 Å². The number of aryl methyl sites for hydroxylation is 3. The average Bonchev–Trinajstić information content (AvgIpc) is 3.02. The number of anilines is 1. The molecular weight excluding hydrogens is 384 g/mol. The number of rotatable bonds is 5. The zero-order valence-electron chi connectivity index (χ0n) is 15.0. The van der Waals surface area contributed by atoms with E-state index in [-0.39, 0.29) is 16.6 Å². The molecule has 0 saturated heterocycles. The quantitative estimate of drug-likeness (QED) is 0.650. The minimum atomic E-state index is -3.95. The third-order valence-corrected chi connectivity index (χ3v) is 6.00. The summed E-state index contributed by atoms with van der Waals surface area (Å²) in [6, 6.07) is 11.1. The maximum Gasteiger partial charge on any atom is 0.339 e. The van der Waals surface area contributed by atoms with Crippen LogP contribution in [-0.2, 0) is 10.1 Å². The van der Waals surface area contributed by atoms with E-state index < -0.39 is 10.1 Å². The van der Waals surface area contributed by atoms with Crippen LogP contribution in [0.2, 0.25) is 0 Å². The molecule has 0 unspecified atom stereocenters. The van der Waals surface area contributed by atoms with Crippen LogP contribution in [0.25, 0.3) is 0 Å². The molecule has 0 saturated carbocycles. The lowest BCUT2D eigenvalue weighted by atomic mass is 10.2. The van der Waals surface area contributed by atoms with Gasteiger partial charge in [0.25, 0.3) is 5.91 Å². The second-order valence-electron chi connectivity index (χ2n) is 6.06. The Labute approximate surface area is 162 Å². The third kappa shape index (κ3) is 4.53. The monoisotopic (exact) mass is 402 g/mol. The van der Waals surface area contributed by atoms with Gasteiger partial charge in [-0.3, -0.25) is 10.1 Å². The number of hydrogen-bond acceptors (Lipinski definition) is 6. The number of thiazole rings is 1. The molecule has 0 aliphatic carbocycles. The number of amides is 1. The first kappa shape index (κ1) is 19.1. The van der Waals surface area contributed by atoms with E-state index in [9.17, 15) is 13.2 Å². The minimum Gasteiger partial charge on any atom is -0.379 e. The van der Waals surface area contributed by atoms with Gasteiger partial charge in [-0.25, -0.2) is 4.98 Å². The van der Waals surface area contributed by atoms with Crippen LogP contribution in [0.4, 0.5) is 5.13 Å². The second kappa shape index (κ2) is 7.50. The standard InChI is InChI=1S/C19H18N2O4S2/c1-12-4-5-13(2)17(10-12)27(23,24)25-16-8-6-15(7-9-16)18(22)21-19-20-11-14(3)26-19/h4-11H,1-3H3,(H,20,21,22). The van der Waals surface area contributed by atoms with Crippen LogP contribution in [0.15, 0.2) is 53.6 Å². The van der Waals surface area contributed by atoms with Crippen LogP contribution in [-0.4, -0.2) is 19.3 Å². The fourth-order valence-electron chi connectivity index (χ4n) is 2.39. The summed E-state index contributed by atoms with van der Waals surface area (Å²) in [5.74, 6) is -0.189. The van der Waals surface area contributed by atoms with E-state index in [2.05, 4.69) is 10.3 Å². The van der Waals surface area contributed by atoms with E-state index in [1.165, 1.54) is 35.6 Å². The molecule has 0 fully saturated rings. The lowest BCUT2D eigenvalue weighted by molar-refractivity contribution is 0.102. The molecular formula is C19H18N2O4S2. The van der Waals surface area contributed by atoms with Crippen LogP contribution in [0.5, 0.6) is 5.75 Å². The molecule has 0 radical (unpaired) electrons. The molecule has 8 heteroatoms. The van der Waals surface area contributed by atoms with Gasteiger partial charge in [0.15, 0.2) is 5.13 Å². The second-order valence-corrected chi connectivity index (χ2v) is 8.81. The normalized spacial score (nSPS) is 11.2. The fourth-order valence-corrected chi connectivity index (χ4v) is 4.30. The number of benzene rings is 2. The first-order chi connectivity index (χ1) is 12.7. The van der Waals surface area contributed by atoms with Crippen molar-refractivity contribution in [1.29, 1.82) is 0 Å². The molecule has 0 aliphatic heterocycles. The fraction of sp³-hybridized carbons (Fsp3) is 0.158. The van der Waals surface area contributed by atoms with Crippen molar-refractivity contribution < 1.29 is 17.4 Å². The van der Waals surface area contributed by atoms with Crippen molar-refractivity contribution in [2.24, 2.45) is 0 Å². The van der Waals surface area contributed by atoms with Gasteiger partial charge in [-0.2, -0.15) is 8.42 Å². The van der Waals surface area contributed by atoms with Crippen molar-refractivity contribution in [3.05, 3.63) is 70.2 Å². The molecule has 1 amide bonds. The van der Waals surface area contributed by atoms with Crippen molar-refractivity contribution in [2.45, 2.75) is 25.7 Å². The van der Waals surface area contributed by atoms with Crippen LogP contribution in [0.1, 0.15) is 26.4 Å². The summed E-state index contributed by atoms with van der Waals surface area (Å²) in [5, 5.41) is 3.21. The van der Waals surface area contributed by atoms with Crippen LogP contribution >= 0.6 is 11.3 Å². The lowest BCUT2D eigenvalue weighted by Gasteiger charge is -2.10. The highest BCUT2D eigenvalue weighted by molar-refractivity contribution is 7.87. The molecule has 1 aromatic heterocycles. The van der Waals surface area contributed by atoms with Gasteiger partial charge in [0.2, 0.25) is 0 Å². The largest absolute Gasteiger partial charge is 0.379 e. The molecule has 0 atom stereocenters. The Morgan fingerprint density at radius 2 is 1.78 bits per heavy atom. The Balaban J connectivity index is 1.75. The first-order valence-corrected chi connectivity index (χ1v) is 10.3. The minimum absolute atomic E-state index is 0.128. The Morgan fingerprint density at radius 3 is 2.41 bits per heavy atom. The molecule has 27 heavy (non-hydrogen) atoms. The van der Waals surface area contributed by atoms with Crippen LogP contribution in [0, 0.1) is 20.8 Å². The van der Waals surface area contributed by atoms with Gasteiger partial charge in [0.05, 0.1) is 0 Å². The van der Waals surface area contributed by atoms with Gasteiger partial charge >= 0.3 is 10.1 Å². The Bertz CT molecular complexity index is 1090. The van der Waals surface area contributed by atoms with Crippen molar-refractivity contribution in [3.63, 3.8) is 0 Å². The number of carbonyl (C=O) groups is 1. The highest BCUT2D eigenvalue weighted by Gasteiger charge is 2.20. The van der Waals surface area contributed by atoms with E-state index in [1.807, 2.05) is 19.9 Å². The smallest absolute Gasteiger partial charge is 0.339 e. The molecule has 1 N–H and O–H groups in total. The van der Waals surface area contributed by atoms with Crippen molar-refractivity contribution in [3.8, 4) is 5.75 Å². The maximum atomic E-state index is 12.5. The topological polar surface area (TPSA) is 85.4 Å². The van der Waals surface area contributed by atoms with E-state index in [4.69, 9.17) is 4.18 Å². The molecule has 140 valence electrons. The summed E-state index contributed by atoms with van der Waals surface area (Å²) in [7, 11) is -3.95. The maximum absolute atomic E-state index is 12.5. The Kier molecular flexibility index (Phi) is 5.29. The molecule has 0 spiro atoms. The number of aromatic nitrogens is 1. The van der Waals surface area contributed by atoms with E-state index in [1.54, 1.807) is 25.3 Å². The first-order valence-electron chi connectivity index (χ1n) is 8.10. The van der Waals surface area contributed by atoms with Crippen molar-refractivity contribution in [1.82, 2.24) is 4.98 Å². The summed E-state index contributed by atoms with van der Waals surface area (Å²) in [4.78, 5) is 17.4. The van der Waals surface area contributed by atoms with Gasteiger partial charge in [0, 0.05) is 16.6 Å². The Hall–Kier alpha value is -2.71. The number of nitrogens with zero attached hydrogens (tertiary/aromatic N) is 1. The van der Waals surface area contributed by atoms with Crippen LogP contribution in [0.3, 0.4) is 0 Å². The molecule has 3 rings (SSSR count). The number of carbonyl (C=O) groups excluding carboxylic acids is 1. The van der Waals surface area contributed by atoms with E-state index in [0.29, 0.717) is 16.3 Å². The van der Waals surface area contributed by atoms with Crippen molar-refractivity contribution in [2.75, 3.05) is 5.32 Å². The third-order valence-electron chi connectivity index (χ3n) is 3.78. The molecule has 0 bridgehead atoms. The number of nitrogens with one attached hydrogen (secondary N) is 1. The summed E-state index contributed by atoms with van der Waals surface area (Å²) in [5.41, 5.74) is 1.81. The predicted octanol–water partition coefficient (Wildman–Crippen LogP) is 4.09. The molecule has 2 aromatic carbocycles. The van der Waals surface area contributed by atoms with Gasteiger partial charge in [-0.1, -0.05) is 12.1 Å². The average molecular weight is 402 g/mol. The summed E-state index contributed by atoms with van der Waals surface area (Å²) in [6.45, 7) is 5.43. The van der Waals surface area contributed by atoms with Crippen LogP contribution < -0.4 is 9.50 Å². The zero-order chi connectivity index (χ0) is 19.6.